The minimum Gasteiger partial charge on any atom is -0.298 e. The lowest BCUT2D eigenvalue weighted by Gasteiger charge is -2.08. The summed E-state index contributed by atoms with van der Waals surface area (Å²) in [5, 5.41) is 0. The molecule has 0 N–H and O–H groups in total. The van der Waals surface area contributed by atoms with Gasteiger partial charge in [0.2, 0.25) is 0 Å². The molecule has 0 aromatic heterocycles. The Morgan fingerprint density at radius 2 is 1.71 bits per heavy atom. The first-order chi connectivity index (χ1) is 8.11. The van der Waals surface area contributed by atoms with Crippen LogP contribution in [-0.2, 0) is 0 Å². The molecule has 0 saturated heterocycles. The van der Waals surface area contributed by atoms with E-state index in [9.17, 15) is 9.18 Å². The first kappa shape index (κ1) is 11.5. The number of aryl methyl sites for hydroxylation is 2. The van der Waals surface area contributed by atoms with Crippen LogP contribution in [0.3, 0.4) is 0 Å². The van der Waals surface area contributed by atoms with Gasteiger partial charge in [-0.1, -0.05) is 24.3 Å². The van der Waals surface area contributed by atoms with Crippen LogP contribution in [0.1, 0.15) is 21.5 Å². The molecule has 0 amide bonds. The SMILES string of the molecule is Cc1ccc(-c2cc(C=O)ccc2C)cc1F. The first-order valence-electron chi connectivity index (χ1n) is 5.44. The molecule has 0 spiro atoms. The lowest BCUT2D eigenvalue weighted by Crippen LogP contribution is -1.89. The van der Waals surface area contributed by atoms with E-state index < -0.39 is 0 Å². The standard InChI is InChI=1S/C15H13FO/c1-10-3-5-12(9-17)7-14(10)13-6-4-11(2)15(16)8-13/h3-9H,1-2H3. The van der Waals surface area contributed by atoms with E-state index in [4.69, 9.17) is 0 Å². The Labute approximate surface area is 99.9 Å². The Bertz CT molecular complexity index is 573. The third-order valence-electron chi connectivity index (χ3n) is 2.88. The maximum atomic E-state index is 13.5. The molecule has 2 aromatic rings. The lowest BCUT2D eigenvalue weighted by molar-refractivity contribution is 0.112. The Balaban J connectivity index is 2.58. The van der Waals surface area contributed by atoms with Gasteiger partial charge in [-0.3, -0.25) is 4.79 Å². The summed E-state index contributed by atoms with van der Waals surface area (Å²) < 4.78 is 13.5. The van der Waals surface area contributed by atoms with Gasteiger partial charge >= 0.3 is 0 Å². The van der Waals surface area contributed by atoms with E-state index in [1.807, 2.05) is 19.1 Å². The largest absolute Gasteiger partial charge is 0.298 e. The van der Waals surface area contributed by atoms with Gasteiger partial charge in [0, 0.05) is 5.56 Å². The van der Waals surface area contributed by atoms with E-state index in [1.165, 1.54) is 6.07 Å². The van der Waals surface area contributed by atoms with Crippen LogP contribution in [0.4, 0.5) is 4.39 Å². The van der Waals surface area contributed by atoms with E-state index in [1.54, 1.807) is 25.1 Å². The molecular weight excluding hydrogens is 215 g/mol. The lowest BCUT2D eigenvalue weighted by atomic mass is 9.97. The van der Waals surface area contributed by atoms with Crippen molar-refractivity contribution in [2.75, 3.05) is 0 Å². The van der Waals surface area contributed by atoms with Gasteiger partial charge in [-0.2, -0.15) is 0 Å². The topological polar surface area (TPSA) is 17.1 Å². The Morgan fingerprint density at radius 3 is 2.35 bits per heavy atom. The van der Waals surface area contributed by atoms with Crippen molar-refractivity contribution in [3.63, 3.8) is 0 Å². The molecule has 17 heavy (non-hydrogen) atoms. The van der Waals surface area contributed by atoms with E-state index in [-0.39, 0.29) is 5.82 Å². The molecule has 2 heteroatoms. The molecule has 0 saturated carbocycles. The second kappa shape index (κ2) is 4.50. The number of hydrogen-bond acceptors (Lipinski definition) is 1. The summed E-state index contributed by atoms with van der Waals surface area (Å²) in [4.78, 5) is 10.7. The monoisotopic (exact) mass is 228 g/mol. The highest BCUT2D eigenvalue weighted by molar-refractivity contribution is 5.80. The minimum atomic E-state index is -0.224. The van der Waals surface area contributed by atoms with E-state index in [2.05, 4.69) is 0 Å². The fourth-order valence-electron chi connectivity index (χ4n) is 1.78. The summed E-state index contributed by atoms with van der Waals surface area (Å²) in [5.74, 6) is -0.224. The average Bonchev–Trinajstić information content (AvgIpc) is 2.33. The number of hydrogen-bond donors (Lipinski definition) is 0. The van der Waals surface area contributed by atoms with E-state index in [0.29, 0.717) is 11.1 Å². The predicted molar refractivity (Wildman–Crippen MR) is 66.7 cm³/mol. The number of benzene rings is 2. The zero-order valence-corrected chi connectivity index (χ0v) is 9.83. The molecule has 0 aliphatic rings. The van der Waals surface area contributed by atoms with Crippen LogP contribution in [0, 0.1) is 19.7 Å². The van der Waals surface area contributed by atoms with Gasteiger partial charge in [-0.15, -0.1) is 0 Å². The van der Waals surface area contributed by atoms with Gasteiger partial charge < -0.3 is 0 Å². The quantitative estimate of drug-likeness (QED) is 0.712. The van der Waals surface area contributed by atoms with Crippen molar-refractivity contribution in [3.8, 4) is 11.1 Å². The van der Waals surface area contributed by atoms with Crippen LogP contribution < -0.4 is 0 Å². The van der Waals surface area contributed by atoms with Gasteiger partial charge in [0.15, 0.2) is 0 Å². The van der Waals surface area contributed by atoms with E-state index in [0.717, 1.165) is 23.0 Å². The van der Waals surface area contributed by atoms with Crippen LogP contribution in [0.5, 0.6) is 0 Å². The predicted octanol–water partition coefficient (Wildman–Crippen LogP) is 3.92. The van der Waals surface area contributed by atoms with Crippen molar-refractivity contribution < 1.29 is 9.18 Å². The molecule has 0 aliphatic heterocycles. The van der Waals surface area contributed by atoms with Gasteiger partial charge in [0.25, 0.3) is 0 Å². The van der Waals surface area contributed by atoms with Crippen LogP contribution in [0.15, 0.2) is 36.4 Å². The van der Waals surface area contributed by atoms with Crippen molar-refractivity contribution in [1.29, 1.82) is 0 Å². The van der Waals surface area contributed by atoms with Crippen molar-refractivity contribution in [2.45, 2.75) is 13.8 Å². The number of aldehydes is 1. The zero-order valence-electron chi connectivity index (χ0n) is 9.83. The number of rotatable bonds is 2. The van der Waals surface area contributed by atoms with Gasteiger partial charge in [0.1, 0.15) is 12.1 Å². The Morgan fingerprint density at radius 1 is 1.00 bits per heavy atom. The summed E-state index contributed by atoms with van der Waals surface area (Å²) in [7, 11) is 0. The first-order valence-corrected chi connectivity index (χ1v) is 5.44. The van der Waals surface area contributed by atoms with Gasteiger partial charge in [-0.25, -0.2) is 4.39 Å². The average molecular weight is 228 g/mol. The van der Waals surface area contributed by atoms with Crippen LogP contribution in [0.2, 0.25) is 0 Å². The highest BCUT2D eigenvalue weighted by Gasteiger charge is 2.05. The normalized spacial score (nSPS) is 10.3. The van der Waals surface area contributed by atoms with Crippen molar-refractivity contribution in [3.05, 3.63) is 58.9 Å². The molecular formula is C15H13FO. The Hall–Kier alpha value is -1.96. The third-order valence-corrected chi connectivity index (χ3v) is 2.88. The summed E-state index contributed by atoms with van der Waals surface area (Å²) in [5.41, 5.74) is 3.95. The van der Waals surface area contributed by atoms with E-state index >= 15 is 0 Å². The third kappa shape index (κ3) is 2.26. The molecule has 2 rings (SSSR count). The minimum absolute atomic E-state index is 0.224. The second-order valence-electron chi connectivity index (χ2n) is 4.16. The summed E-state index contributed by atoms with van der Waals surface area (Å²) >= 11 is 0. The number of carbonyl (C=O) groups is 1. The molecule has 0 bridgehead atoms. The molecule has 1 nitrogen and oxygen atoms in total. The van der Waals surface area contributed by atoms with Gasteiger partial charge in [0.05, 0.1) is 0 Å². The highest BCUT2D eigenvalue weighted by Crippen LogP contribution is 2.25. The molecule has 0 fully saturated rings. The zero-order chi connectivity index (χ0) is 12.4. The maximum absolute atomic E-state index is 13.5. The smallest absolute Gasteiger partial charge is 0.150 e. The van der Waals surface area contributed by atoms with Crippen LogP contribution in [-0.4, -0.2) is 6.29 Å². The molecule has 86 valence electrons. The van der Waals surface area contributed by atoms with Crippen molar-refractivity contribution in [2.24, 2.45) is 0 Å². The number of halogens is 1. The fourth-order valence-corrected chi connectivity index (χ4v) is 1.78. The number of carbonyl (C=O) groups excluding carboxylic acids is 1. The van der Waals surface area contributed by atoms with Gasteiger partial charge in [-0.05, 0) is 48.2 Å². The molecule has 0 aliphatic carbocycles. The summed E-state index contributed by atoms with van der Waals surface area (Å²) in [6.45, 7) is 3.68. The molecule has 0 heterocycles. The Kier molecular flexibility index (Phi) is 3.05. The molecule has 2 aromatic carbocycles. The van der Waals surface area contributed by atoms with Crippen LogP contribution >= 0.6 is 0 Å². The molecule has 0 atom stereocenters. The van der Waals surface area contributed by atoms with Crippen LogP contribution in [0.25, 0.3) is 11.1 Å². The summed E-state index contributed by atoms with van der Waals surface area (Å²) in [6.07, 6.45) is 0.799. The van der Waals surface area contributed by atoms with Crippen molar-refractivity contribution >= 4 is 6.29 Å². The highest BCUT2D eigenvalue weighted by atomic mass is 19.1. The van der Waals surface area contributed by atoms with Crippen molar-refractivity contribution in [1.82, 2.24) is 0 Å². The second-order valence-corrected chi connectivity index (χ2v) is 4.16. The molecule has 0 radical (unpaired) electrons. The molecule has 0 unspecified atom stereocenters. The fraction of sp³-hybridized carbons (Fsp3) is 0.133. The summed E-state index contributed by atoms with van der Waals surface area (Å²) in [6, 6.07) is 10.5. The maximum Gasteiger partial charge on any atom is 0.150 e.